The lowest BCUT2D eigenvalue weighted by molar-refractivity contribution is 0.261. The van der Waals surface area contributed by atoms with Gasteiger partial charge in [-0.25, -0.2) is 4.79 Å². The van der Waals surface area contributed by atoms with Gasteiger partial charge in [-0.1, -0.05) is 11.6 Å². The number of carbonyl (C=O) groups excluding carboxylic acids is 1. The second kappa shape index (κ2) is 5.03. The monoisotopic (exact) mass is 272 g/mol. The van der Waals surface area contributed by atoms with Gasteiger partial charge in [-0.05, 0) is 41.0 Å². The van der Waals surface area contributed by atoms with Gasteiger partial charge in [0, 0.05) is 10.7 Å². The maximum Gasteiger partial charge on any atom is 0.330 e. The predicted octanol–water partition coefficient (Wildman–Crippen LogP) is 3.02. The zero-order valence-corrected chi connectivity index (χ0v) is 9.79. The average molecular weight is 273 g/mol. The van der Waals surface area contributed by atoms with Crippen molar-refractivity contribution in [2.45, 2.75) is 0 Å². The fraction of sp³-hybridized carbons (Fsp3) is 0. The second-order valence-corrected chi connectivity index (χ2v) is 3.73. The van der Waals surface area contributed by atoms with E-state index in [1.165, 1.54) is 0 Å². The van der Waals surface area contributed by atoms with Gasteiger partial charge in [-0.2, -0.15) is 4.98 Å². The topological polar surface area (TPSA) is 80.0 Å². The molecule has 0 aliphatic carbocycles. The SMILES string of the molecule is O=C(Nc1ccc(Cl)cc1)Nc1nc(Cl)no1. The third kappa shape index (κ3) is 3.33. The predicted molar refractivity (Wildman–Crippen MR) is 63.4 cm³/mol. The summed E-state index contributed by atoms with van der Waals surface area (Å²) in [7, 11) is 0. The summed E-state index contributed by atoms with van der Waals surface area (Å²) < 4.78 is 4.61. The van der Waals surface area contributed by atoms with Crippen LogP contribution in [0.2, 0.25) is 10.3 Å². The Morgan fingerprint density at radius 1 is 1.18 bits per heavy atom. The van der Waals surface area contributed by atoms with Gasteiger partial charge < -0.3 is 9.84 Å². The lowest BCUT2D eigenvalue weighted by atomic mass is 10.3. The number of aromatic nitrogens is 2. The van der Waals surface area contributed by atoms with Crippen LogP contribution in [0, 0.1) is 0 Å². The van der Waals surface area contributed by atoms with E-state index >= 15 is 0 Å². The van der Waals surface area contributed by atoms with E-state index in [9.17, 15) is 4.79 Å². The lowest BCUT2D eigenvalue weighted by Gasteiger charge is -2.03. The molecule has 1 aromatic carbocycles. The minimum Gasteiger partial charge on any atom is -0.314 e. The van der Waals surface area contributed by atoms with Gasteiger partial charge in [0.25, 0.3) is 5.28 Å². The first-order valence-electron chi connectivity index (χ1n) is 4.46. The molecule has 2 aromatic rings. The zero-order valence-electron chi connectivity index (χ0n) is 8.28. The lowest BCUT2D eigenvalue weighted by Crippen LogP contribution is -2.19. The molecule has 0 spiro atoms. The van der Waals surface area contributed by atoms with Crippen LogP contribution in [0.1, 0.15) is 0 Å². The number of halogens is 2. The highest BCUT2D eigenvalue weighted by Gasteiger charge is 2.08. The molecule has 0 radical (unpaired) electrons. The van der Waals surface area contributed by atoms with Crippen LogP contribution in [0.4, 0.5) is 16.5 Å². The van der Waals surface area contributed by atoms with E-state index in [-0.39, 0.29) is 11.3 Å². The number of benzene rings is 1. The molecule has 8 heteroatoms. The third-order valence-electron chi connectivity index (χ3n) is 1.72. The van der Waals surface area contributed by atoms with Gasteiger partial charge in [0.05, 0.1) is 0 Å². The van der Waals surface area contributed by atoms with Gasteiger partial charge in [0.1, 0.15) is 0 Å². The first-order chi connectivity index (χ1) is 8.13. The first-order valence-corrected chi connectivity index (χ1v) is 5.22. The smallest absolute Gasteiger partial charge is 0.314 e. The van der Waals surface area contributed by atoms with E-state index in [1.54, 1.807) is 24.3 Å². The van der Waals surface area contributed by atoms with Crippen molar-refractivity contribution >= 4 is 40.9 Å². The van der Waals surface area contributed by atoms with Gasteiger partial charge >= 0.3 is 12.0 Å². The number of rotatable bonds is 2. The molecule has 0 unspecified atom stereocenters. The normalized spacial score (nSPS) is 10.0. The summed E-state index contributed by atoms with van der Waals surface area (Å²) >= 11 is 11.1. The molecule has 1 aromatic heterocycles. The summed E-state index contributed by atoms with van der Waals surface area (Å²) in [5, 5.41) is 8.68. The molecule has 1 heterocycles. The molecule has 2 rings (SSSR count). The number of hydrogen-bond acceptors (Lipinski definition) is 4. The number of urea groups is 1. The van der Waals surface area contributed by atoms with Crippen LogP contribution in [0.15, 0.2) is 28.8 Å². The number of nitrogens with one attached hydrogen (secondary N) is 2. The molecule has 0 fully saturated rings. The second-order valence-electron chi connectivity index (χ2n) is 2.95. The molecule has 0 saturated heterocycles. The fourth-order valence-corrected chi connectivity index (χ4v) is 1.29. The molecule has 6 nitrogen and oxygen atoms in total. The van der Waals surface area contributed by atoms with Crippen LogP contribution >= 0.6 is 23.2 Å². The van der Waals surface area contributed by atoms with Crippen molar-refractivity contribution in [1.29, 1.82) is 0 Å². The maximum absolute atomic E-state index is 11.4. The Bertz CT molecular complexity index is 526. The molecule has 0 saturated carbocycles. The minimum absolute atomic E-state index is 0.0770. The van der Waals surface area contributed by atoms with Crippen molar-refractivity contribution in [3.63, 3.8) is 0 Å². The Kier molecular flexibility index (Phi) is 3.46. The van der Waals surface area contributed by atoms with Gasteiger partial charge in [0.15, 0.2) is 0 Å². The van der Waals surface area contributed by atoms with Crippen LogP contribution in [-0.2, 0) is 0 Å². The Balaban J connectivity index is 1.95. The largest absolute Gasteiger partial charge is 0.330 e. The van der Waals surface area contributed by atoms with E-state index in [4.69, 9.17) is 23.2 Å². The standard InChI is InChI=1S/C9H6Cl2N4O2/c10-5-1-3-6(4-2-5)12-8(16)14-9-13-7(11)15-17-9/h1-4H,(H2,12,13,14,15,16). The van der Waals surface area contributed by atoms with Crippen molar-refractivity contribution in [3.8, 4) is 0 Å². The van der Waals surface area contributed by atoms with Crippen molar-refractivity contribution in [2.75, 3.05) is 10.6 Å². The molecule has 0 aliphatic rings. The van der Waals surface area contributed by atoms with Gasteiger partial charge in [-0.15, -0.1) is 0 Å². The number of hydrogen-bond donors (Lipinski definition) is 2. The first kappa shape index (κ1) is 11.7. The van der Waals surface area contributed by atoms with Crippen LogP contribution in [0.3, 0.4) is 0 Å². The van der Waals surface area contributed by atoms with Crippen LogP contribution in [-0.4, -0.2) is 16.2 Å². The van der Waals surface area contributed by atoms with Crippen molar-refractivity contribution in [3.05, 3.63) is 34.6 Å². The van der Waals surface area contributed by atoms with E-state index in [0.29, 0.717) is 10.7 Å². The molecular weight excluding hydrogens is 267 g/mol. The maximum atomic E-state index is 11.4. The quantitative estimate of drug-likeness (QED) is 0.881. The number of anilines is 2. The van der Waals surface area contributed by atoms with Crippen LogP contribution < -0.4 is 10.6 Å². The summed E-state index contributed by atoms with van der Waals surface area (Å²) in [6.45, 7) is 0. The Labute approximate surface area is 106 Å². The molecule has 2 amide bonds. The van der Waals surface area contributed by atoms with Crippen molar-refractivity contribution < 1.29 is 9.32 Å². The van der Waals surface area contributed by atoms with Crippen LogP contribution in [0.5, 0.6) is 0 Å². The number of amides is 2. The highest BCUT2D eigenvalue weighted by molar-refractivity contribution is 6.30. The molecular formula is C9H6Cl2N4O2. The molecule has 88 valence electrons. The molecule has 0 atom stereocenters. The minimum atomic E-state index is -0.521. The highest BCUT2D eigenvalue weighted by atomic mass is 35.5. The summed E-state index contributed by atoms with van der Waals surface area (Å²) in [6, 6.07) is 6.02. The molecule has 0 aliphatic heterocycles. The summed E-state index contributed by atoms with van der Waals surface area (Å²) in [6.07, 6.45) is 0. The van der Waals surface area contributed by atoms with E-state index in [0.717, 1.165) is 0 Å². The third-order valence-corrected chi connectivity index (χ3v) is 2.13. The molecule has 0 bridgehead atoms. The number of carbonyl (C=O) groups is 1. The van der Waals surface area contributed by atoms with Crippen molar-refractivity contribution in [1.82, 2.24) is 10.1 Å². The average Bonchev–Trinajstić information content (AvgIpc) is 2.67. The van der Waals surface area contributed by atoms with E-state index in [1.807, 2.05) is 0 Å². The molecule has 2 N–H and O–H groups in total. The highest BCUT2D eigenvalue weighted by Crippen LogP contribution is 2.14. The van der Waals surface area contributed by atoms with Crippen molar-refractivity contribution in [2.24, 2.45) is 0 Å². The number of nitrogens with zero attached hydrogens (tertiary/aromatic N) is 2. The summed E-state index contributed by atoms with van der Waals surface area (Å²) in [4.78, 5) is 15.1. The van der Waals surface area contributed by atoms with Gasteiger partial charge in [-0.3, -0.25) is 5.32 Å². The van der Waals surface area contributed by atoms with E-state index < -0.39 is 6.03 Å². The Hall–Kier alpha value is -1.79. The van der Waals surface area contributed by atoms with E-state index in [2.05, 4.69) is 25.3 Å². The van der Waals surface area contributed by atoms with Gasteiger partial charge in [0.2, 0.25) is 0 Å². The summed E-state index contributed by atoms with van der Waals surface area (Å²) in [5.74, 6) is 0. The van der Waals surface area contributed by atoms with Crippen LogP contribution in [0.25, 0.3) is 0 Å². The Morgan fingerprint density at radius 3 is 2.47 bits per heavy atom. The summed E-state index contributed by atoms with van der Waals surface area (Å²) in [5.41, 5.74) is 0.581. The Morgan fingerprint density at radius 2 is 1.88 bits per heavy atom. The zero-order chi connectivity index (χ0) is 12.3. The fourth-order valence-electron chi connectivity index (χ4n) is 1.05. The molecule has 17 heavy (non-hydrogen) atoms.